The van der Waals surface area contributed by atoms with Crippen LogP contribution in [0.5, 0.6) is 0 Å². The van der Waals surface area contributed by atoms with Gasteiger partial charge in [0, 0.05) is 21.7 Å². The van der Waals surface area contributed by atoms with Gasteiger partial charge in [0.25, 0.3) is 5.91 Å². The Morgan fingerprint density at radius 1 is 1.44 bits per heavy atom. The Labute approximate surface area is 113 Å². The van der Waals surface area contributed by atoms with Gasteiger partial charge in [0.2, 0.25) is 0 Å². The number of thiazole rings is 1. The highest BCUT2D eigenvalue weighted by Gasteiger charge is 2.09. The van der Waals surface area contributed by atoms with Gasteiger partial charge in [0.1, 0.15) is 0 Å². The van der Waals surface area contributed by atoms with E-state index in [0.29, 0.717) is 10.8 Å². The molecule has 0 saturated carbocycles. The molecule has 0 bridgehead atoms. The Morgan fingerprint density at radius 3 is 2.94 bits per heavy atom. The molecule has 0 unspecified atom stereocenters. The van der Waals surface area contributed by atoms with Crippen molar-refractivity contribution in [1.29, 1.82) is 0 Å². The Bertz CT molecular complexity index is 555. The largest absolute Gasteiger partial charge is 0.398 e. The number of aromatic nitrogens is 1. The van der Waals surface area contributed by atoms with Crippen molar-refractivity contribution >= 4 is 34.7 Å². The number of anilines is 1. The maximum absolute atomic E-state index is 11.2. The number of nitrogens with zero attached hydrogens (tertiary/aromatic N) is 1. The second-order valence-corrected chi connectivity index (χ2v) is 5.32. The van der Waals surface area contributed by atoms with Crippen LogP contribution >= 0.6 is 23.1 Å². The number of hydrogen-bond donors (Lipinski definition) is 3. The minimum absolute atomic E-state index is 0.365. The quantitative estimate of drug-likeness (QED) is 0.260. The molecule has 18 heavy (non-hydrogen) atoms. The number of carbonyl (C=O) groups excluding carboxylic acids is 1. The molecule has 2 aromatic rings. The summed E-state index contributed by atoms with van der Waals surface area (Å²) in [5.74, 6) is 5.35. The van der Waals surface area contributed by atoms with E-state index in [-0.39, 0.29) is 5.91 Å². The molecule has 0 aliphatic heterocycles. The summed E-state index contributed by atoms with van der Waals surface area (Å²) < 4.78 is 0. The highest BCUT2D eigenvalue weighted by atomic mass is 32.2. The van der Waals surface area contributed by atoms with Gasteiger partial charge in [-0.3, -0.25) is 10.2 Å². The zero-order valence-electron chi connectivity index (χ0n) is 9.42. The highest BCUT2D eigenvalue weighted by Crippen LogP contribution is 2.28. The van der Waals surface area contributed by atoms with E-state index in [2.05, 4.69) is 10.4 Å². The maximum atomic E-state index is 11.2. The number of carbonyl (C=O) groups is 1. The molecule has 0 fully saturated rings. The molecular formula is C11H12N4OS2. The van der Waals surface area contributed by atoms with Crippen LogP contribution in [0, 0.1) is 0 Å². The summed E-state index contributed by atoms with van der Waals surface area (Å²) in [6.07, 6.45) is 0. The third-order valence-corrected chi connectivity index (χ3v) is 4.18. The first-order valence-corrected chi connectivity index (χ1v) is 7.00. The Morgan fingerprint density at radius 2 is 2.22 bits per heavy atom. The van der Waals surface area contributed by atoms with Crippen molar-refractivity contribution in [3.8, 4) is 0 Å². The average Bonchev–Trinajstić information content (AvgIpc) is 2.86. The number of para-hydroxylation sites is 1. The van der Waals surface area contributed by atoms with E-state index in [1.807, 2.05) is 29.6 Å². The molecule has 1 aromatic carbocycles. The fraction of sp³-hybridized carbons (Fsp3) is 0.0909. The van der Waals surface area contributed by atoms with E-state index < -0.39 is 0 Å². The molecule has 5 N–H and O–H groups in total. The van der Waals surface area contributed by atoms with E-state index >= 15 is 0 Å². The second-order valence-electron chi connectivity index (χ2n) is 3.44. The summed E-state index contributed by atoms with van der Waals surface area (Å²) in [4.78, 5) is 16.4. The fourth-order valence-corrected chi connectivity index (χ4v) is 2.99. The lowest BCUT2D eigenvalue weighted by Gasteiger charge is -2.02. The van der Waals surface area contributed by atoms with Gasteiger partial charge in [0.15, 0.2) is 5.01 Å². The summed E-state index contributed by atoms with van der Waals surface area (Å²) in [6.45, 7) is 0. The van der Waals surface area contributed by atoms with E-state index in [1.165, 1.54) is 11.3 Å². The van der Waals surface area contributed by atoms with E-state index in [0.717, 1.165) is 16.3 Å². The molecule has 0 radical (unpaired) electrons. The fourth-order valence-electron chi connectivity index (χ4n) is 1.30. The van der Waals surface area contributed by atoms with Crippen molar-refractivity contribution in [3.05, 3.63) is 40.3 Å². The lowest BCUT2D eigenvalue weighted by atomic mass is 10.3. The number of hydrogen-bond acceptors (Lipinski definition) is 6. The Hall–Kier alpha value is -1.57. The molecule has 0 aliphatic rings. The summed E-state index contributed by atoms with van der Waals surface area (Å²) in [5, 5.41) is 2.21. The van der Waals surface area contributed by atoms with Crippen LogP contribution in [0.25, 0.3) is 0 Å². The molecule has 94 valence electrons. The summed E-state index contributed by atoms with van der Waals surface area (Å²) in [6, 6.07) is 7.65. The summed E-state index contributed by atoms with van der Waals surface area (Å²) >= 11 is 2.86. The molecule has 0 aliphatic carbocycles. The SMILES string of the molecule is NNC(=O)c1nc(CSc2ccccc2N)cs1. The molecule has 2 rings (SSSR count). The molecule has 1 aromatic heterocycles. The van der Waals surface area contributed by atoms with Crippen LogP contribution in [0.1, 0.15) is 15.5 Å². The first kappa shape index (κ1) is 12.9. The van der Waals surface area contributed by atoms with Crippen LogP contribution < -0.4 is 17.0 Å². The number of hydrazine groups is 1. The van der Waals surface area contributed by atoms with Crippen molar-refractivity contribution in [3.63, 3.8) is 0 Å². The first-order chi connectivity index (χ1) is 8.70. The van der Waals surface area contributed by atoms with Gasteiger partial charge in [-0.25, -0.2) is 10.8 Å². The van der Waals surface area contributed by atoms with Crippen LogP contribution in [0.15, 0.2) is 34.5 Å². The van der Waals surface area contributed by atoms with Crippen molar-refractivity contribution in [2.24, 2.45) is 5.84 Å². The van der Waals surface area contributed by atoms with Gasteiger partial charge in [-0.15, -0.1) is 23.1 Å². The monoisotopic (exact) mass is 280 g/mol. The predicted molar refractivity (Wildman–Crippen MR) is 74.2 cm³/mol. The number of benzene rings is 1. The molecule has 1 heterocycles. The van der Waals surface area contributed by atoms with E-state index in [1.54, 1.807) is 11.8 Å². The normalized spacial score (nSPS) is 10.3. The van der Waals surface area contributed by atoms with Crippen LogP contribution in [0.2, 0.25) is 0 Å². The third-order valence-electron chi connectivity index (χ3n) is 2.17. The molecule has 0 saturated heterocycles. The Kier molecular flexibility index (Phi) is 4.19. The zero-order valence-corrected chi connectivity index (χ0v) is 11.1. The van der Waals surface area contributed by atoms with Crippen molar-refractivity contribution < 1.29 is 4.79 Å². The molecule has 7 heteroatoms. The van der Waals surface area contributed by atoms with E-state index in [9.17, 15) is 4.79 Å². The third kappa shape index (κ3) is 3.00. The number of nitrogens with one attached hydrogen (secondary N) is 1. The van der Waals surface area contributed by atoms with E-state index in [4.69, 9.17) is 11.6 Å². The van der Waals surface area contributed by atoms with Crippen LogP contribution in [0.4, 0.5) is 5.69 Å². The minimum atomic E-state index is -0.365. The van der Waals surface area contributed by atoms with Crippen LogP contribution in [0.3, 0.4) is 0 Å². The predicted octanol–water partition coefficient (Wildman–Crippen LogP) is 1.62. The van der Waals surface area contributed by atoms with Gasteiger partial charge in [-0.1, -0.05) is 12.1 Å². The number of thioether (sulfide) groups is 1. The average molecular weight is 280 g/mol. The lowest BCUT2D eigenvalue weighted by Crippen LogP contribution is -2.29. The number of nitrogen functional groups attached to an aromatic ring is 2. The first-order valence-electron chi connectivity index (χ1n) is 5.13. The molecular weight excluding hydrogens is 268 g/mol. The molecule has 0 spiro atoms. The smallest absolute Gasteiger partial charge is 0.294 e. The van der Waals surface area contributed by atoms with Crippen molar-refractivity contribution in [2.45, 2.75) is 10.6 Å². The van der Waals surface area contributed by atoms with Crippen LogP contribution in [-0.2, 0) is 5.75 Å². The zero-order chi connectivity index (χ0) is 13.0. The van der Waals surface area contributed by atoms with Crippen molar-refractivity contribution in [1.82, 2.24) is 10.4 Å². The Balaban J connectivity index is 2.01. The topological polar surface area (TPSA) is 94.0 Å². The number of rotatable bonds is 4. The van der Waals surface area contributed by atoms with Crippen molar-refractivity contribution in [2.75, 3.05) is 5.73 Å². The standard InChI is InChI=1S/C11H12N4OS2/c12-8-3-1-2-4-9(8)17-5-7-6-18-11(14-7)10(16)15-13/h1-4,6H,5,12-13H2,(H,15,16). The van der Waals surface area contributed by atoms with Gasteiger partial charge in [-0.05, 0) is 12.1 Å². The summed E-state index contributed by atoms with van der Waals surface area (Å²) in [5.41, 5.74) is 9.49. The van der Waals surface area contributed by atoms with Gasteiger partial charge >= 0.3 is 0 Å². The number of amides is 1. The van der Waals surface area contributed by atoms with Crippen LogP contribution in [-0.4, -0.2) is 10.9 Å². The van der Waals surface area contributed by atoms with Gasteiger partial charge in [0.05, 0.1) is 5.69 Å². The summed E-state index contributed by atoms with van der Waals surface area (Å²) in [7, 11) is 0. The van der Waals surface area contributed by atoms with Gasteiger partial charge < -0.3 is 5.73 Å². The maximum Gasteiger partial charge on any atom is 0.294 e. The minimum Gasteiger partial charge on any atom is -0.398 e. The number of nitrogens with two attached hydrogens (primary N) is 2. The lowest BCUT2D eigenvalue weighted by molar-refractivity contribution is 0.0953. The molecule has 0 atom stereocenters. The molecule has 1 amide bonds. The van der Waals surface area contributed by atoms with Gasteiger partial charge in [-0.2, -0.15) is 0 Å². The highest BCUT2D eigenvalue weighted by molar-refractivity contribution is 7.98. The second kappa shape index (κ2) is 5.85. The molecule has 5 nitrogen and oxygen atoms in total.